The minimum atomic E-state index is -0.170. The van der Waals surface area contributed by atoms with Crippen LogP contribution in [0.4, 0.5) is 5.69 Å². The van der Waals surface area contributed by atoms with E-state index in [4.69, 9.17) is 4.74 Å². The van der Waals surface area contributed by atoms with Crippen LogP contribution in [0.3, 0.4) is 0 Å². The highest BCUT2D eigenvalue weighted by atomic mass is 16.5. The van der Waals surface area contributed by atoms with E-state index in [9.17, 15) is 4.79 Å². The van der Waals surface area contributed by atoms with Crippen LogP contribution < -0.4 is 4.74 Å². The highest BCUT2D eigenvalue weighted by Crippen LogP contribution is 2.35. The van der Waals surface area contributed by atoms with Crippen LogP contribution in [0.25, 0.3) is 0 Å². The van der Waals surface area contributed by atoms with Crippen LogP contribution in [0.2, 0.25) is 0 Å². The van der Waals surface area contributed by atoms with Gasteiger partial charge in [-0.05, 0) is 18.6 Å². The summed E-state index contributed by atoms with van der Waals surface area (Å²) in [5, 5.41) is 0. The molecule has 0 amide bonds. The van der Waals surface area contributed by atoms with Crippen LogP contribution in [-0.2, 0) is 4.79 Å². The van der Waals surface area contributed by atoms with E-state index in [-0.39, 0.29) is 11.7 Å². The van der Waals surface area contributed by atoms with Crippen LogP contribution in [-0.4, -0.2) is 19.1 Å². The number of rotatable bonds is 2. The summed E-state index contributed by atoms with van der Waals surface area (Å²) >= 11 is 0. The van der Waals surface area contributed by atoms with Crippen molar-refractivity contribution in [2.24, 2.45) is 4.99 Å². The largest absolute Gasteiger partial charge is 0.497 e. The Hall–Kier alpha value is -1.64. The Morgan fingerprint density at radius 3 is 2.93 bits per heavy atom. The number of ketones is 1. The average Bonchev–Trinajstić information content (AvgIpc) is 2.59. The fourth-order valence-corrected chi connectivity index (χ4v) is 1.58. The maximum Gasteiger partial charge on any atom is 0.142 e. The van der Waals surface area contributed by atoms with Gasteiger partial charge in [-0.1, -0.05) is 6.07 Å². The lowest BCUT2D eigenvalue weighted by Crippen LogP contribution is -2.06. The molecule has 0 saturated heterocycles. The lowest BCUT2D eigenvalue weighted by Gasteiger charge is -2.06. The summed E-state index contributed by atoms with van der Waals surface area (Å²) in [6.07, 6.45) is 1.69. The molecule has 1 heterocycles. The molecule has 3 nitrogen and oxygen atoms in total. The van der Waals surface area contributed by atoms with Crippen molar-refractivity contribution in [1.82, 2.24) is 0 Å². The second-order valence-electron chi connectivity index (χ2n) is 3.29. The quantitative estimate of drug-likeness (QED) is 0.714. The van der Waals surface area contributed by atoms with Gasteiger partial charge in [0, 0.05) is 12.3 Å². The fourth-order valence-electron chi connectivity index (χ4n) is 1.58. The molecule has 1 atom stereocenters. The van der Waals surface area contributed by atoms with E-state index < -0.39 is 0 Å². The molecule has 1 aromatic carbocycles. The summed E-state index contributed by atoms with van der Waals surface area (Å²) in [7, 11) is 1.61. The van der Waals surface area contributed by atoms with Gasteiger partial charge < -0.3 is 4.74 Å². The number of methoxy groups -OCH3 is 1. The van der Waals surface area contributed by atoms with Gasteiger partial charge in [-0.3, -0.25) is 9.79 Å². The third-order valence-electron chi connectivity index (χ3n) is 2.37. The first-order valence-corrected chi connectivity index (χ1v) is 4.45. The van der Waals surface area contributed by atoms with Gasteiger partial charge in [-0.2, -0.15) is 0 Å². The topological polar surface area (TPSA) is 38.7 Å². The van der Waals surface area contributed by atoms with E-state index in [2.05, 4.69) is 4.99 Å². The molecule has 0 radical (unpaired) electrons. The van der Waals surface area contributed by atoms with Crippen LogP contribution in [0.5, 0.6) is 5.75 Å². The number of Topliss-reactive ketones (excluding diaryl/α,β-unsaturated/α-hetero) is 1. The first-order valence-electron chi connectivity index (χ1n) is 4.45. The number of nitrogens with zero attached hydrogens (tertiary/aromatic N) is 1. The molecule has 1 aromatic rings. The van der Waals surface area contributed by atoms with Crippen molar-refractivity contribution >= 4 is 17.7 Å². The van der Waals surface area contributed by atoms with Gasteiger partial charge in [0.2, 0.25) is 0 Å². The first-order chi connectivity index (χ1) is 6.72. The van der Waals surface area contributed by atoms with Crippen LogP contribution in [0.15, 0.2) is 23.2 Å². The third kappa shape index (κ3) is 1.31. The van der Waals surface area contributed by atoms with E-state index in [0.717, 1.165) is 17.0 Å². The van der Waals surface area contributed by atoms with Gasteiger partial charge in [-0.15, -0.1) is 0 Å². The summed E-state index contributed by atoms with van der Waals surface area (Å²) < 4.78 is 5.08. The molecule has 0 N–H and O–H groups in total. The predicted molar refractivity (Wildman–Crippen MR) is 54.6 cm³/mol. The zero-order chi connectivity index (χ0) is 10.1. The molecule has 0 aromatic heterocycles. The number of aliphatic imine (C=N–C) groups is 1. The van der Waals surface area contributed by atoms with Gasteiger partial charge in [-0.25, -0.2) is 0 Å². The van der Waals surface area contributed by atoms with E-state index in [1.807, 2.05) is 18.2 Å². The maximum absolute atomic E-state index is 11.2. The molecule has 72 valence electrons. The van der Waals surface area contributed by atoms with E-state index in [1.165, 1.54) is 0 Å². The smallest absolute Gasteiger partial charge is 0.142 e. The molecule has 0 fully saturated rings. The molecular weight excluding hydrogens is 178 g/mol. The Labute approximate surface area is 82.4 Å². The van der Waals surface area contributed by atoms with Crippen molar-refractivity contribution in [2.45, 2.75) is 12.8 Å². The second kappa shape index (κ2) is 3.25. The molecule has 3 heteroatoms. The Balaban J connectivity index is 2.43. The average molecular weight is 189 g/mol. The Morgan fingerprint density at radius 2 is 2.29 bits per heavy atom. The molecule has 0 bridgehead atoms. The summed E-state index contributed by atoms with van der Waals surface area (Å²) in [6.45, 7) is 1.58. The molecule has 1 aliphatic heterocycles. The van der Waals surface area contributed by atoms with Gasteiger partial charge in [0.05, 0.1) is 18.7 Å². The monoisotopic (exact) mass is 189 g/mol. The Morgan fingerprint density at radius 1 is 1.50 bits per heavy atom. The van der Waals surface area contributed by atoms with Gasteiger partial charge in [0.15, 0.2) is 0 Å². The summed E-state index contributed by atoms with van der Waals surface area (Å²) in [5.74, 6) is 0.721. The zero-order valence-electron chi connectivity index (χ0n) is 8.15. The zero-order valence-corrected chi connectivity index (χ0v) is 8.15. The van der Waals surface area contributed by atoms with Crippen molar-refractivity contribution < 1.29 is 9.53 Å². The van der Waals surface area contributed by atoms with E-state index >= 15 is 0 Å². The molecule has 0 saturated carbocycles. The molecule has 1 aliphatic rings. The van der Waals surface area contributed by atoms with Gasteiger partial charge in [0.1, 0.15) is 11.5 Å². The molecule has 0 aliphatic carbocycles. The summed E-state index contributed by atoms with van der Waals surface area (Å²) in [5.41, 5.74) is 1.81. The number of fused-ring (bicyclic) bond motifs is 1. The number of benzene rings is 1. The number of carbonyl (C=O) groups excluding carboxylic acids is 1. The van der Waals surface area contributed by atoms with Gasteiger partial charge in [0.25, 0.3) is 0 Å². The highest BCUT2D eigenvalue weighted by Gasteiger charge is 2.22. The molecule has 2 rings (SSSR count). The minimum absolute atomic E-state index is 0.123. The van der Waals surface area contributed by atoms with Crippen LogP contribution >= 0.6 is 0 Å². The van der Waals surface area contributed by atoms with Crippen molar-refractivity contribution in [1.29, 1.82) is 0 Å². The summed E-state index contributed by atoms with van der Waals surface area (Å²) in [6, 6.07) is 5.59. The molecular formula is C11H11NO2. The van der Waals surface area contributed by atoms with Gasteiger partial charge >= 0.3 is 0 Å². The standard InChI is InChI=1S/C11H11NO2/c1-7(13)10-6-12-11-5-8(14-2)3-4-9(10)11/h3-6,10H,1-2H3/t10-/m0/s1. The normalized spacial score (nSPS) is 18.0. The number of hydrogen-bond acceptors (Lipinski definition) is 3. The first kappa shape index (κ1) is 8.94. The lowest BCUT2D eigenvalue weighted by atomic mass is 9.98. The van der Waals surface area contributed by atoms with Crippen LogP contribution in [0.1, 0.15) is 18.4 Å². The molecule has 0 unspecified atom stereocenters. The fraction of sp³-hybridized carbons (Fsp3) is 0.273. The van der Waals surface area contributed by atoms with Crippen LogP contribution in [0, 0.1) is 0 Å². The number of hydrogen-bond donors (Lipinski definition) is 0. The molecule has 0 spiro atoms. The third-order valence-corrected chi connectivity index (χ3v) is 2.37. The number of ether oxygens (including phenoxy) is 1. The molecule has 14 heavy (non-hydrogen) atoms. The Kier molecular flexibility index (Phi) is 2.08. The highest BCUT2D eigenvalue weighted by molar-refractivity contribution is 6.03. The van der Waals surface area contributed by atoms with E-state index in [0.29, 0.717) is 0 Å². The van der Waals surface area contributed by atoms with Crippen molar-refractivity contribution in [3.05, 3.63) is 23.8 Å². The number of carbonyl (C=O) groups is 1. The maximum atomic E-state index is 11.2. The van der Waals surface area contributed by atoms with Crippen molar-refractivity contribution in [3.63, 3.8) is 0 Å². The second-order valence-corrected chi connectivity index (χ2v) is 3.29. The van der Waals surface area contributed by atoms with Crippen molar-refractivity contribution in [3.8, 4) is 5.75 Å². The SMILES string of the molecule is COc1ccc2c(c1)N=C[C@H]2C(C)=O. The Bertz CT molecular complexity index is 410. The predicted octanol–water partition coefficient (Wildman–Crippen LogP) is 2.08. The minimum Gasteiger partial charge on any atom is -0.497 e. The summed E-state index contributed by atoms with van der Waals surface area (Å²) in [4.78, 5) is 15.4. The van der Waals surface area contributed by atoms with E-state index in [1.54, 1.807) is 20.2 Å². The lowest BCUT2D eigenvalue weighted by molar-refractivity contribution is -0.116. The van der Waals surface area contributed by atoms with Crippen molar-refractivity contribution in [2.75, 3.05) is 7.11 Å².